The summed E-state index contributed by atoms with van der Waals surface area (Å²) in [4.78, 5) is 15.4. The molecular weight excluding hydrogens is 313 g/mol. The molecule has 0 bridgehead atoms. The third-order valence-corrected chi connectivity index (χ3v) is 2.91. The zero-order chi connectivity index (χ0) is 15.1. The minimum atomic E-state index is -0.406. The summed E-state index contributed by atoms with van der Waals surface area (Å²) in [5, 5.41) is 4.66. The third kappa shape index (κ3) is 5.06. The topological polar surface area (TPSA) is 63.6 Å². The van der Waals surface area contributed by atoms with Gasteiger partial charge in [-0.15, -0.1) is 0 Å². The second kappa shape index (κ2) is 7.61. The maximum atomic E-state index is 11.6. The van der Waals surface area contributed by atoms with Crippen molar-refractivity contribution in [2.24, 2.45) is 5.10 Å². The average molecular weight is 324 g/mol. The van der Waals surface area contributed by atoms with Crippen molar-refractivity contribution in [2.75, 3.05) is 6.61 Å². The zero-order valence-electron chi connectivity index (χ0n) is 10.8. The molecule has 2 rings (SSSR count). The van der Waals surface area contributed by atoms with E-state index in [2.05, 4.69) is 15.5 Å². The maximum Gasteiger partial charge on any atom is 0.277 e. The summed E-state index contributed by atoms with van der Waals surface area (Å²) in [5.41, 5.74) is 3.17. The number of rotatable bonds is 5. The molecule has 0 atom stereocenters. The van der Waals surface area contributed by atoms with E-state index in [0.717, 1.165) is 5.56 Å². The number of nitrogens with one attached hydrogen (secondary N) is 1. The number of hydrazone groups is 1. The lowest BCUT2D eigenvalue weighted by Crippen LogP contribution is -2.24. The molecule has 0 fully saturated rings. The summed E-state index contributed by atoms with van der Waals surface area (Å²) >= 11 is 11.7. The number of pyridine rings is 1. The van der Waals surface area contributed by atoms with Crippen molar-refractivity contribution >= 4 is 35.3 Å². The molecule has 0 radical (unpaired) electrons. The van der Waals surface area contributed by atoms with Crippen LogP contribution >= 0.6 is 23.2 Å². The number of benzene rings is 1. The van der Waals surface area contributed by atoms with Crippen molar-refractivity contribution in [1.82, 2.24) is 10.4 Å². The molecule has 0 unspecified atom stereocenters. The number of carbonyl (C=O) groups is 1. The number of amides is 1. The highest BCUT2D eigenvalue weighted by molar-refractivity contribution is 6.34. The Morgan fingerprint density at radius 3 is 2.81 bits per heavy atom. The first kappa shape index (κ1) is 15.3. The quantitative estimate of drug-likeness (QED) is 0.679. The molecule has 7 heteroatoms. The molecule has 1 aromatic heterocycles. The van der Waals surface area contributed by atoms with Crippen LogP contribution in [-0.4, -0.2) is 23.7 Å². The highest BCUT2D eigenvalue weighted by atomic mass is 35.5. The summed E-state index contributed by atoms with van der Waals surface area (Å²) in [6.45, 7) is -0.215. The van der Waals surface area contributed by atoms with E-state index in [1.807, 2.05) is 0 Å². The van der Waals surface area contributed by atoms with Gasteiger partial charge in [-0.25, -0.2) is 5.43 Å². The number of halogens is 2. The van der Waals surface area contributed by atoms with Gasteiger partial charge >= 0.3 is 0 Å². The van der Waals surface area contributed by atoms with Gasteiger partial charge in [0, 0.05) is 23.5 Å². The Hall–Kier alpha value is -2.11. The first-order valence-electron chi connectivity index (χ1n) is 5.95. The Morgan fingerprint density at radius 1 is 1.29 bits per heavy atom. The van der Waals surface area contributed by atoms with Crippen LogP contribution in [0.3, 0.4) is 0 Å². The highest BCUT2D eigenvalue weighted by Crippen LogP contribution is 2.27. The Bertz CT molecular complexity index is 648. The van der Waals surface area contributed by atoms with E-state index in [1.54, 1.807) is 36.7 Å². The Balaban J connectivity index is 1.82. The number of carbonyl (C=O) groups excluding carboxylic acids is 1. The van der Waals surface area contributed by atoms with Crippen LogP contribution in [0, 0.1) is 0 Å². The lowest BCUT2D eigenvalue weighted by Gasteiger charge is -2.07. The molecule has 1 amide bonds. The Labute approximate surface area is 131 Å². The standard InChI is InChI=1S/C14H11Cl2N3O2/c15-11-1-2-12(16)13(7-11)21-9-14(20)19-18-8-10-3-5-17-6-4-10/h1-8H,9H2,(H,19,20). The number of ether oxygens (including phenoxy) is 1. The number of hydrogen-bond acceptors (Lipinski definition) is 4. The van der Waals surface area contributed by atoms with Crippen LogP contribution in [-0.2, 0) is 4.79 Å². The average Bonchev–Trinajstić information content (AvgIpc) is 2.49. The van der Waals surface area contributed by atoms with E-state index >= 15 is 0 Å². The van der Waals surface area contributed by atoms with Crippen molar-refractivity contribution in [1.29, 1.82) is 0 Å². The second-order valence-corrected chi connectivity index (χ2v) is 4.78. The van der Waals surface area contributed by atoms with Gasteiger partial charge in [0.05, 0.1) is 11.2 Å². The van der Waals surface area contributed by atoms with Gasteiger partial charge < -0.3 is 4.74 Å². The van der Waals surface area contributed by atoms with Gasteiger partial charge in [-0.3, -0.25) is 9.78 Å². The van der Waals surface area contributed by atoms with E-state index in [1.165, 1.54) is 12.3 Å². The van der Waals surface area contributed by atoms with Crippen LogP contribution in [0.25, 0.3) is 0 Å². The molecule has 1 N–H and O–H groups in total. The summed E-state index contributed by atoms with van der Waals surface area (Å²) in [6, 6.07) is 8.29. The SMILES string of the molecule is O=C(COc1cc(Cl)ccc1Cl)NN=Cc1ccncc1. The Morgan fingerprint density at radius 2 is 2.05 bits per heavy atom. The molecule has 21 heavy (non-hydrogen) atoms. The fourth-order valence-corrected chi connectivity index (χ4v) is 1.73. The predicted octanol–water partition coefficient (Wildman–Crippen LogP) is 2.92. The smallest absolute Gasteiger partial charge is 0.277 e. The highest BCUT2D eigenvalue weighted by Gasteiger charge is 2.05. The van der Waals surface area contributed by atoms with E-state index in [0.29, 0.717) is 15.8 Å². The Kier molecular flexibility index (Phi) is 5.54. The van der Waals surface area contributed by atoms with Crippen molar-refractivity contribution < 1.29 is 9.53 Å². The second-order valence-electron chi connectivity index (χ2n) is 3.94. The molecule has 2 aromatic rings. The monoisotopic (exact) mass is 323 g/mol. The largest absolute Gasteiger partial charge is 0.482 e. The first-order valence-corrected chi connectivity index (χ1v) is 6.70. The normalized spacial score (nSPS) is 10.6. The van der Waals surface area contributed by atoms with Gasteiger partial charge in [0.1, 0.15) is 5.75 Å². The van der Waals surface area contributed by atoms with Crippen molar-refractivity contribution in [3.8, 4) is 5.75 Å². The number of nitrogens with zero attached hydrogens (tertiary/aromatic N) is 2. The van der Waals surface area contributed by atoms with Crippen LogP contribution in [0.4, 0.5) is 0 Å². The maximum absolute atomic E-state index is 11.6. The molecule has 0 aliphatic heterocycles. The molecule has 0 saturated heterocycles. The molecule has 108 valence electrons. The molecule has 0 aliphatic carbocycles. The first-order chi connectivity index (χ1) is 10.1. The lowest BCUT2D eigenvalue weighted by molar-refractivity contribution is -0.123. The molecule has 1 aromatic carbocycles. The fraction of sp³-hybridized carbons (Fsp3) is 0.0714. The van der Waals surface area contributed by atoms with Crippen LogP contribution in [0.5, 0.6) is 5.75 Å². The minimum absolute atomic E-state index is 0.215. The number of aromatic nitrogens is 1. The van der Waals surface area contributed by atoms with Gasteiger partial charge in [0.2, 0.25) is 0 Å². The van der Waals surface area contributed by atoms with Gasteiger partial charge in [-0.2, -0.15) is 5.10 Å². The molecule has 0 spiro atoms. The van der Waals surface area contributed by atoms with E-state index in [4.69, 9.17) is 27.9 Å². The predicted molar refractivity (Wildman–Crippen MR) is 81.9 cm³/mol. The molecule has 0 saturated carbocycles. The van der Waals surface area contributed by atoms with E-state index in [-0.39, 0.29) is 6.61 Å². The molecule has 5 nitrogen and oxygen atoms in total. The van der Waals surface area contributed by atoms with Crippen molar-refractivity contribution in [3.05, 3.63) is 58.3 Å². The van der Waals surface area contributed by atoms with Gasteiger partial charge in [-0.1, -0.05) is 23.2 Å². The van der Waals surface area contributed by atoms with Crippen molar-refractivity contribution in [3.63, 3.8) is 0 Å². The van der Waals surface area contributed by atoms with E-state index in [9.17, 15) is 4.79 Å². The molecular formula is C14H11Cl2N3O2. The van der Waals surface area contributed by atoms with E-state index < -0.39 is 5.91 Å². The third-order valence-electron chi connectivity index (χ3n) is 2.36. The summed E-state index contributed by atoms with van der Waals surface area (Å²) in [5.74, 6) is -0.0613. The molecule has 1 heterocycles. The van der Waals surface area contributed by atoms with Crippen LogP contribution in [0.2, 0.25) is 10.0 Å². The summed E-state index contributed by atoms with van der Waals surface area (Å²) in [6.07, 6.45) is 4.77. The zero-order valence-corrected chi connectivity index (χ0v) is 12.3. The molecule has 0 aliphatic rings. The summed E-state index contributed by atoms with van der Waals surface area (Å²) < 4.78 is 5.27. The summed E-state index contributed by atoms with van der Waals surface area (Å²) in [7, 11) is 0. The van der Waals surface area contributed by atoms with Crippen LogP contribution < -0.4 is 10.2 Å². The number of hydrogen-bond donors (Lipinski definition) is 1. The fourth-order valence-electron chi connectivity index (χ4n) is 1.39. The van der Waals surface area contributed by atoms with Gasteiger partial charge in [0.25, 0.3) is 5.91 Å². The van der Waals surface area contributed by atoms with Crippen molar-refractivity contribution in [2.45, 2.75) is 0 Å². The lowest BCUT2D eigenvalue weighted by atomic mass is 10.3. The van der Waals surface area contributed by atoms with Gasteiger partial charge in [0.15, 0.2) is 6.61 Å². The van der Waals surface area contributed by atoms with Gasteiger partial charge in [-0.05, 0) is 29.8 Å². The minimum Gasteiger partial charge on any atom is -0.482 e. The van der Waals surface area contributed by atoms with Crippen LogP contribution in [0.1, 0.15) is 5.56 Å². The van der Waals surface area contributed by atoms with Crippen LogP contribution in [0.15, 0.2) is 47.8 Å².